The molecule has 2 nitrogen and oxygen atoms in total. The first-order valence-corrected chi connectivity index (χ1v) is 7.43. The van der Waals surface area contributed by atoms with Crippen LogP contribution in [-0.4, -0.2) is 31.6 Å². The van der Waals surface area contributed by atoms with Gasteiger partial charge in [-0.15, -0.1) is 0 Å². The fourth-order valence-corrected chi connectivity index (χ4v) is 2.50. The zero-order chi connectivity index (χ0) is 14.4. The molecule has 2 N–H and O–H groups in total. The van der Waals surface area contributed by atoms with Crippen molar-refractivity contribution in [2.75, 3.05) is 26.7 Å². The minimum atomic E-state index is 0.630. The van der Waals surface area contributed by atoms with E-state index in [2.05, 4.69) is 51.8 Å². The van der Waals surface area contributed by atoms with Crippen LogP contribution >= 0.6 is 0 Å². The van der Waals surface area contributed by atoms with Crippen LogP contribution in [0.2, 0.25) is 0 Å². The molecule has 108 valence electrons. The van der Waals surface area contributed by atoms with E-state index in [1.54, 1.807) is 0 Å². The highest BCUT2D eigenvalue weighted by Crippen LogP contribution is 2.16. The largest absolute Gasteiger partial charge is 0.330 e. The lowest BCUT2D eigenvalue weighted by atomic mass is 9.98. The molecule has 1 aromatic rings. The van der Waals surface area contributed by atoms with Crippen LogP contribution in [0.15, 0.2) is 12.1 Å². The second-order valence-electron chi connectivity index (χ2n) is 5.89. The van der Waals surface area contributed by atoms with Crippen molar-refractivity contribution in [2.24, 2.45) is 11.7 Å². The Kier molecular flexibility index (Phi) is 6.53. The van der Waals surface area contributed by atoms with Gasteiger partial charge in [0.15, 0.2) is 0 Å². The van der Waals surface area contributed by atoms with Crippen molar-refractivity contribution >= 4 is 0 Å². The molecule has 0 aliphatic rings. The van der Waals surface area contributed by atoms with Crippen LogP contribution in [0.3, 0.4) is 0 Å². The van der Waals surface area contributed by atoms with Gasteiger partial charge in [0, 0.05) is 13.1 Å². The molecule has 1 aromatic carbocycles. The molecular weight excluding hydrogens is 232 g/mol. The highest BCUT2D eigenvalue weighted by molar-refractivity contribution is 5.36. The van der Waals surface area contributed by atoms with Gasteiger partial charge in [0.2, 0.25) is 0 Å². The van der Waals surface area contributed by atoms with Crippen molar-refractivity contribution in [1.82, 2.24) is 4.90 Å². The van der Waals surface area contributed by atoms with Crippen molar-refractivity contribution < 1.29 is 0 Å². The molecule has 0 spiro atoms. The normalized spacial score (nSPS) is 13.0. The van der Waals surface area contributed by atoms with Crippen molar-refractivity contribution in [2.45, 2.75) is 40.5 Å². The van der Waals surface area contributed by atoms with E-state index >= 15 is 0 Å². The average molecular weight is 262 g/mol. The SMILES string of the molecule is CCC(CN)CN(C)CCc1cc(C)c(C)cc1C. The molecular formula is C17H30N2. The van der Waals surface area contributed by atoms with Gasteiger partial charge < -0.3 is 10.6 Å². The molecule has 1 atom stereocenters. The summed E-state index contributed by atoms with van der Waals surface area (Å²) in [6.07, 6.45) is 2.30. The van der Waals surface area contributed by atoms with E-state index in [1.807, 2.05) is 0 Å². The van der Waals surface area contributed by atoms with Gasteiger partial charge in [-0.2, -0.15) is 0 Å². The fraction of sp³-hybridized carbons (Fsp3) is 0.647. The number of rotatable bonds is 7. The maximum Gasteiger partial charge on any atom is 0.00190 e. The first-order chi connectivity index (χ1) is 8.97. The van der Waals surface area contributed by atoms with Crippen molar-refractivity contribution in [1.29, 1.82) is 0 Å². The zero-order valence-corrected chi connectivity index (χ0v) is 13.3. The molecule has 0 heterocycles. The van der Waals surface area contributed by atoms with Gasteiger partial charge in [0.05, 0.1) is 0 Å². The van der Waals surface area contributed by atoms with Crippen molar-refractivity contribution in [3.8, 4) is 0 Å². The number of nitrogens with two attached hydrogens (primary N) is 1. The van der Waals surface area contributed by atoms with Crippen LogP contribution in [0, 0.1) is 26.7 Å². The van der Waals surface area contributed by atoms with Gasteiger partial charge in [-0.1, -0.05) is 25.5 Å². The van der Waals surface area contributed by atoms with E-state index in [1.165, 1.54) is 28.7 Å². The smallest absolute Gasteiger partial charge is 0.00190 e. The lowest BCUT2D eigenvalue weighted by Gasteiger charge is -2.22. The molecule has 1 rings (SSSR count). The number of hydrogen-bond donors (Lipinski definition) is 1. The van der Waals surface area contributed by atoms with Gasteiger partial charge in [-0.3, -0.25) is 0 Å². The molecule has 0 radical (unpaired) electrons. The molecule has 0 amide bonds. The van der Waals surface area contributed by atoms with Gasteiger partial charge >= 0.3 is 0 Å². The van der Waals surface area contributed by atoms with Crippen LogP contribution in [0.4, 0.5) is 0 Å². The first kappa shape index (κ1) is 16.2. The molecule has 19 heavy (non-hydrogen) atoms. The summed E-state index contributed by atoms with van der Waals surface area (Å²) in [7, 11) is 2.20. The Morgan fingerprint density at radius 2 is 1.74 bits per heavy atom. The third-order valence-electron chi connectivity index (χ3n) is 4.20. The Hall–Kier alpha value is -0.860. The lowest BCUT2D eigenvalue weighted by Crippen LogP contribution is -2.31. The molecule has 2 heteroatoms. The summed E-state index contributed by atoms with van der Waals surface area (Å²) in [5, 5.41) is 0. The Labute approximate surface area is 119 Å². The van der Waals surface area contributed by atoms with Crippen LogP contribution in [0.1, 0.15) is 35.6 Å². The standard InChI is InChI=1S/C17H30N2/c1-6-16(11-18)12-19(5)8-7-17-10-14(3)13(2)9-15(17)4/h9-10,16H,6-8,11-12,18H2,1-5H3. The number of likely N-dealkylation sites (N-methyl/N-ethyl adjacent to an activating group) is 1. The molecule has 0 saturated heterocycles. The zero-order valence-electron chi connectivity index (χ0n) is 13.3. The molecule has 0 aliphatic carbocycles. The molecule has 0 saturated carbocycles. The van der Waals surface area contributed by atoms with E-state index in [0.29, 0.717) is 5.92 Å². The topological polar surface area (TPSA) is 29.3 Å². The highest BCUT2D eigenvalue weighted by atomic mass is 15.1. The summed E-state index contributed by atoms with van der Waals surface area (Å²) in [4.78, 5) is 2.41. The predicted molar refractivity (Wildman–Crippen MR) is 84.7 cm³/mol. The van der Waals surface area contributed by atoms with Crippen LogP contribution < -0.4 is 5.73 Å². The van der Waals surface area contributed by atoms with E-state index in [-0.39, 0.29) is 0 Å². The monoisotopic (exact) mass is 262 g/mol. The summed E-state index contributed by atoms with van der Waals surface area (Å²) in [5.41, 5.74) is 11.5. The summed E-state index contributed by atoms with van der Waals surface area (Å²) >= 11 is 0. The minimum absolute atomic E-state index is 0.630. The lowest BCUT2D eigenvalue weighted by molar-refractivity contribution is 0.277. The Morgan fingerprint density at radius 1 is 1.11 bits per heavy atom. The van der Waals surface area contributed by atoms with Crippen LogP contribution in [0.5, 0.6) is 0 Å². The van der Waals surface area contributed by atoms with E-state index in [0.717, 1.165) is 26.1 Å². The molecule has 0 aromatic heterocycles. The summed E-state index contributed by atoms with van der Waals surface area (Å²) < 4.78 is 0. The Balaban J connectivity index is 2.55. The third-order valence-corrected chi connectivity index (χ3v) is 4.20. The molecule has 0 bridgehead atoms. The average Bonchev–Trinajstić information content (AvgIpc) is 2.38. The molecule has 0 aliphatic heterocycles. The summed E-state index contributed by atoms with van der Waals surface area (Å²) in [5.74, 6) is 0.630. The second kappa shape index (κ2) is 7.66. The maximum absolute atomic E-state index is 5.77. The van der Waals surface area contributed by atoms with E-state index in [9.17, 15) is 0 Å². The van der Waals surface area contributed by atoms with Crippen molar-refractivity contribution in [3.63, 3.8) is 0 Å². The maximum atomic E-state index is 5.77. The Morgan fingerprint density at radius 3 is 2.32 bits per heavy atom. The van der Waals surface area contributed by atoms with Gasteiger partial charge in [0.1, 0.15) is 0 Å². The van der Waals surface area contributed by atoms with E-state index < -0.39 is 0 Å². The summed E-state index contributed by atoms with van der Waals surface area (Å²) in [6, 6.07) is 4.65. The van der Waals surface area contributed by atoms with Gasteiger partial charge in [-0.05, 0) is 69.0 Å². The summed E-state index contributed by atoms with van der Waals surface area (Å²) in [6.45, 7) is 11.8. The molecule has 0 fully saturated rings. The Bertz CT molecular complexity index is 394. The van der Waals surface area contributed by atoms with Gasteiger partial charge in [-0.25, -0.2) is 0 Å². The third kappa shape index (κ3) is 4.96. The quantitative estimate of drug-likeness (QED) is 0.818. The van der Waals surface area contributed by atoms with Gasteiger partial charge in [0.25, 0.3) is 0 Å². The van der Waals surface area contributed by atoms with Crippen LogP contribution in [0.25, 0.3) is 0 Å². The number of nitrogens with zero attached hydrogens (tertiary/aromatic N) is 1. The molecule has 1 unspecified atom stereocenters. The number of benzene rings is 1. The van der Waals surface area contributed by atoms with Crippen LogP contribution in [-0.2, 0) is 6.42 Å². The first-order valence-electron chi connectivity index (χ1n) is 7.43. The highest BCUT2D eigenvalue weighted by Gasteiger charge is 2.09. The fourth-order valence-electron chi connectivity index (χ4n) is 2.50. The number of hydrogen-bond acceptors (Lipinski definition) is 2. The van der Waals surface area contributed by atoms with Crippen molar-refractivity contribution in [3.05, 3.63) is 34.4 Å². The minimum Gasteiger partial charge on any atom is -0.330 e. The second-order valence-corrected chi connectivity index (χ2v) is 5.89. The van der Waals surface area contributed by atoms with E-state index in [4.69, 9.17) is 5.73 Å². The predicted octanol–water partition coefficient (Wildman–Crippen LogP) is 3.07. The number of aryl methyl sites for hydroxylation is 3.